The maximum atomic E-state index is 13.3. The van der Waals surface area contributed by atoms with E-state index in [1.165, 1.54) is 0 Å². The van der Waals surface area contributed by atoms with Crippen LogP contribution in [-0.2, 0) is 6.54 Å². The molecule has 0 spiro atoms. The summed E-state index contributed by atoms with van der Waals surface area (Å²) in [4.78, 5) is 17.1. The molecule has 0 aliphatic heterocycles. The van der Waals surface area contributed by atoms with Crippen molar-refractivity contribution >= 4 is 28.9 Å². The Bertz CT molecular complexity index is 938. The summed E-state index contributed by atoms with van der Waals surface area (Å²) in [5.41, 5.74) is 3.39. The molecule has 3 rings (SSSR count). The maximum Gasteiger partial charge on any atom is 0.260 e. The molecule has 0 aliphatic carbocycles. The molecule has 1 amide bonds. The molecule has 0 unspecified atom stereocenters. The Morgan fingerprint density at radius 3 is 2.07 bits per heavy atom. The smallest absolute Gasteiger partial charge is 0.260 e. The Hall–Kier alpha value is -2.98. The average Bonchev–Trinajstić information content (AvgIpc) is 2.72. The van der Waals surface area contributed by atoms with Crippen molar-refractivity contribution < 1.29 is 9.53 Å². The molecule has 0 aliphatic rings. The van der Waals surface area contributed by atoms with Crippen LogP contribution in [0.5, 0.6) is 5.75 Å². The van der Waals surface area contributed by atoms with Crippen molar-refractivity contribution in [3.05, 3.63) is 88.9 Å². The summed E-state index contributed by atoms with van der Waals surface area (Å²) in [7, 11) is 5.62. The number of benzene rings is 3. The lowest BCUT2D eigenvalue weighted by Crippen LogP contribution is -2.30. The first-order chi connectivity index (χ1) is 13.5. The summed E-state index contributed by atoms with van der Waals surface area (Å²) < 4.78 is 5.24. The fraction of sp³-hybridized carbons (Fsp3) is 0.174. The van der Waals surface area contributed by atoms with Gasteiger partial charge in [0.05, 0.1) is 24.2 Å². The molecule has 0 saturated heterocycles. The molecular weight excluding hydrogens is 372 g/mol. The highest BCUT2D eigenvalue weighted by Gasteiger charge is 2.20. The quantitative estimate of drug-likeness (QED) is 0.571. The molecule has 0 bridgehead atoms. The van der Waals surface area contributed by atoms with Crippen molar-refractivity contribution in [2.24, 2.45) is 0 Å². The molecule has 144 valence electrons. The topological polar surface area (TPSA) is 32.8 Å². The number of carbonyl (C=O) groups excluding carboxylic acids is 1. The van der Waals surface area contributed by atoms with Gasteiger partial charge in [-0.15, -0.1) is 0 Å². The Labute approximate surface area is 170 Å². The SMILES string of the molecule is COc1ccc(N(Cc2ccc(N(C)C)cc2)C(=O)c2ccccc2Cl)cc1. The second-order valence-corrected chi connectivity index (χ2v) is 7.04. The van der Waals surface area contributed by atoms with Crippen molar-refractivity contribution in [1.82, 2.24) is 0 Å². The predicted molar refractivity (Wildman–Crippen MR) is 116 cm³/mol. The minimum absolute atomic E-state index is 0.146. The molecule has 0 fully saturated rings. The van der Waals surface area contributed by atoms with Crippen molar-refractivity contribution in [3.63, 3.8) is 0 Å². The minimum Gasteiger partial charge on any atom is -0.497 e. The van der Waals surface area contributed by atoms with E-state index in [1.807, 2.05) is 79.7 Å². The number of amides is 1. The standard InChI is InChI=1S/C23H23ClN2O2/c1-25(2)18-10-8-17(9-11-18)16-26(19-12-14-20(28-3)15-13-19)23(27)21-6-4-5-7-22(21)24/h4-15H,16H2,1-3H3. The van der Waals surface area contributed by atoms with E-state index in [4.69, 9.17) is 16.3 Å². The van der Waals surface area contributed by atoms with Gasteiger partial charge in [-0.1, -0.05) is 35.9 Å². The van der Waals surface area contributed by atoms with Gasteiger partial charge in [-0.2, -0.15) is 0 Å². The number of carbonyl (C=O) groups is 1. The Morgan fingerprint density at radius 2 is 1.50 bits per heavy atom. The van der Waals surface area contributed by atoms with Crippen LogP contribution in [0.25, 0.3) is 0 Å². The van der Waals surface area contributed by atoms with Gasteiger partial charge in [0.15, 0.2) is 0 Å². The fourth-order valence-corrected chi connectivity index (χ4v) is 3.12. The van der Waals surface area contributed by atoms with Crippen molar-refractivity contribution in [2.75, 3.05) is 31.0 Å². The van der Waals surface area contributed by atoms with Gasteiger partial charge in [0.2, 0.25) is 0 Å². The number of ether oxygens (including phenoxy) is 1. The third-order valence-corrected chi connectivity index (χ3v) is 4.86. The fourth-order valence-electron chi connectivity index (χ4n) is 2.90. The van der Waals surface area contributed by atoms with E-state index in [1.54, 1.807) is 24.1 Å². The number of halogens is 1. The zero-order valence-electron chi connectivity index (χ0n) is 16.2. The van der Waals surface area contributed by atoms with Gasteiger partial charge < -0.3 is 14.5 Å². The number of nitrogens with zero attached hydrogens (tertiary/aromatic N) is 2. The normalized spacial score (nSPS) is 10.4. The molecule has 3 aromatic rings. The van der Waals surface area contributed by atoms with Crippen LogP contribution < -0.4 is 14.5 Å². The molecule has 0 N–H and O–H groups in total. The molecule has 3 aromatic carbocycles. The minimum atomic E-state index is -0.146. The highest BCUT2D eigenvalue weighted by molar-refractivity contribution is 6.34. The lowest BCUT2D eigenvalue weighted by molar-refractivity contribution is 0.0985. The number of rotatable bonds is 6. The Balaban J connectivity index is 1.96. The monoisotopic (exact) mass is 394 g/mol. The number of hydrogen-bond donors (Lipinski definition) is 0. The second-order valence-electron chi connectivity index (χ2n) is 6.63. The van der Waals surface area contributed by atoms with Gasteiger partial charge in [0.25, 0.3) is 5.91 Å². The van der Waals surface area contributed by atoms with E-state index in [0.29, 0.717) is 17.1 Å². The summed E-state index contributed by atoms with van der Waals surface area (Å²) in [6.07, 6.45) is 0. The van der Waals surface area contributed by atoms with E-state index >= 15 is 0 Å². The maximum absolute atomic E-state index is 13.3. The summed E-state index contributed by atoms with van der Waals surface area (Å²) in [6, 6.07) is 22.7. The van der Waals surface area contributed by atoms with Crippen LogP contribution in [0.3, 0.4) is 0 Å². The van der Waals surface area contributed by atoms with Crippen molar-refractivity contribution in [3.8, 4) is 5.75 Å². The van der Waals surface area contributed by atoms with Crippen LogP contribution in [0, 0.1) is 0 Å². The molecule has 0 saturated carbocycles. The predicted octanol–water partition coefficient (Wildman–Crippen LogP) is 5.26. The van der Waals surface area contributed by atoms with Crippen LogP contribution in [0.15, 0.2) is 72.8 Å². The summed E-state index contributed by atoms with van der Waals surface area (Å²) in [5.74, 6) is 0.594. The number of anilines is 2. The van der Waals surface area contributed by atoms with Crippen molar-refractivity contribution in [1.29, 1.82) is 0 Å². The van der Waals surface area contributed by atoms with Gasteiger partial charge in [-0.25, -0.2) is 0 Å². The first kappa shape index (κ1) is 19.8. The summed E-state index contributed by atoms with van der Waals surface area (Å²) >= 11 is 6.28. The molecule has 0 atom stereocenters. The lowest BCUT2D eigenvalue weighted by atomic mass is 10.1. The third kappa shape index (κ3) is 4.46. The zero-order valence-corrected chi connectivity index (χ0v) is 17.0. The number of methoxy groups -OCH3 is 1. The molecule has 28 heavy (non-hydrogen) atoms. The van der Waals surface area contributed by atoms with Crippen LogP contribution in [0.4, 0.5) is 11.4 Å². The molecule has 4 nitrogen and oxygen atoms in total. The summed E-state index contributed by atoms with van der Waals surface area (Å²) in [6.45, 7) is 0.435. The molecule has 0 radical (unpaired) electrons. The zero-order chi connectivity index (χ0) is 20.1. The van der Waals surface area contributed by atoms with Gasteiger partial charge in [-0.3, -0.25) is 4.79 Å². The molecule has 0 heterocycles. The Morgan fingerprint density at radius 1 is 0.893 bits per heavy atom. The second kappa shape index (κ2) is 8.81. The first-order valence-electron chi connectivity index (χ1n) is 8.96. The van der Waals surface area contributed by atoms with E-state index in [2.05, 4.69) is 0 Å². The highest BCUT2D eigenvalue weighted by Crippen LogP contribution is 2.26. The molecular formula is C23H23ClN2O2. The van der Waals surface area contributed by atoms with E-state index < -0.39 is 0 Å². The van der Waals surface area contributed by atoms with E-state index in [-0.39, 0.29) is 5.91 Å². The largest absolute Gasteiger partial charge is 0.497 e. The summed E-state index contributed by atoms with van der Waals surface area (Å²) in [5, 5.41) is 0.439. The lowest BCUT2D eigenvalue weighted by Gasteiger charge is -2.24. The van der Waals surface area contributed by atoms with E-state index in [9.17, 15) is 4.79 Å². The first-order valence-corrected chi connectivity index (χ1v) is 9.34. The van der Waals surface area contributed by atoms with Crippen molar-refractivity contribution in [2.45, 2.75) is 6.54 Å². The molecule has 0 aromatic heterocycles. The van der Waals surface area contributed by atoms with Gasteiger partial charge in [0.1, 0.15) is 5.75 Å². The van der Waals surface area contributed by atoms with Gasteiger partial charge >= 0.3 is 0 Å². The third-order valence-electron chi connectivity index (χ3n) is 4.53. The van der Waals surface area contributed by atoms with Crippen LogP contribution in [-0.4, -0.2) is 27.1 Å². The van der Waals surface area contributed by atoms with Crippen LogP contribution in [0.2, 0.25) is 5.02 Å². The van der Waals surface area contributed by atoms with Crippen LogP contribution >= 0.6 is 11.6 Å². The highest BCUT2D eigenvalue weighted by atomic mass is 35.5. The molecule has 5 heteroatoms. The van der Waals surface area contributed by atoms with Gasteiger partial charge in [-0.05, 0) is 54.1 Å². The van der Waals surface area contributed by atoms with E-state index in [0.717, 1.165) is 22.7 Å². The number of hydrogen-bond acceptors (Lipinski definition) is 3. The Kier molecular flexibility index (Phi) is 6.22. The van der Waals surface area contributed by atoms with Crippen LogP contribution in [0.1, 0.15) is 15.9 Å². The van der Waals surface area contributed by atoms with Gasteiger partial charge in [0, 0.05) is 25.5 Å². The average molecular weight is 395 g/mol.